The summed E-state index contributed by atoms with van der Waals surface area (Å²) in [4.78, 5) is 28.1. The second kappa shape index (κ2) is 7.34. The van der Waals surface area contributed by atoms with E-state index < -0.39 is 42.7 Å². The molecule has 138 valence electrons. The molecule has 9 nitrogen and oxygen atoms in total. The summed E-state index contributed by atoms with van der Waals surface area (Å²) in [5.41, 5.74) is 0.660. The van der Waals surface area contributed by atoms with E-state index in [1.165, 1.54) is 12.3 Å². The average molecular weight is 361 g/mol. The van der Waals surface area contributed by atoms with Gasteiger partial charge in [0.05, 0.1) is 6.61 Å². The molecular formula is C17H19N3O6. The molecule has 1 fully saturated rings. The van der Waals surface area contributed by atoms with Crippen molar-refractivity contribution in [2.24, 2.45) is 0 Å². The number of nitrogens with zero attached hydrogens (tertiary/aromatic N) is 2. The van der Waals surface area contributed by atoms with Gasteiger partial charge in [-0.2, -0.15) is 4.98 Å². The third-order valence-electron chi connectivity index (χ3n) is 4.18. The van der Waals surface area contributed by atoms with Gasteiger partial charge in [0.2, 0.25) is 0 Å². The number of aromatic nitrogens is 2. The van der Waals surface area contributed by atoms with Gasteiger partial charge in [-0.1, -0.05) is 17.7 Å². The fourth-order valence-corrected chi connectivity index (χ4v) is 2.68. The molecule has 0 spiro atoms. The Kier molecular flexibility index (Phi) is 5.14. The molecule has 4 atom stereocenters. The first-order valence-corrected chi connectivity index (χ1v) is 8.00. The maximum atomic E-state index is 12.2. The van der Waals surface area contributed by atoms with Crippen LogP contribution in [0.5, 0.6) is 0 Å². The first kappa shape index (κ1) is 18.2. The Balaban J connectivity index is 1.77. The fourth-order valence-electron chi connectivity index (χ4n) is 2.68. The van der Waals surface area contributed by atoms with Gasteiger partial charge in [-0.15, -0.1) is 0 Å². The number of amides is 1. The summed E-state index contributed by atoms with van der Waals surface area (Å²) in [5.74, 6) is -0.369. The summed E-state index contributed by atoms with van der Waals surface area (Å²) in [6.45, 7) is 1.41. The minimum absolute atomic E-state index is 0.0450. The van der Waals surface area contributed by atoms with Crippen LogP contribution in [0, 0.1) is 6.92 Å². The van der Waals surface area contributed by atoms with Crippen molar-refractivity contribution in [1.82, 2.24) is 9.55 Å². The van der Waals surface area contributed by atoms with E-state index in [1.54, 1.807) is 24.3 Å². The zero-order chi connectivity index (χ0) is 18.8. The van der Waals surface area contributed by atoms with Crippen molar-refractivity contribution < 1.29 is 24.9 Å². The monoisotopic (exact) mass is 361 g/mol. The third kappa shape index (κ3) is 3.51. The van der Waals surface area contributed by atoms with Crippen LogP contribution in [-0.4, -0.2) is 55.7 Å². The van der Waals surface area contributed by atoms with Crippen LogP contribution in [-0.2, 0) is 4.74 Å². The Morgan fingerprint density at radius 2 is 1.92 bits per heavy atom. The van der Waals surface area contributed by atoms with Crippen molar-refractivity contribution >= 4 is 11.7 Å². The van der Waals surface area contributed by atoms with E-state index in [0.717, 1.165) is 10.1 Å². The number of ether oxygens (including phenoxy) is 1. The molecule has 2 aromatic rings. The highest BCUT2D eigenvalue weighted by Gasteiger charge is 2.43. The van der Waals surface area contributed by atoms with Crippen molar-refractivity contribution in [2.45, 2.75) is 31.5 Å². The van der Waals surface area contributed by atoms with Gasteiger partial charge in [0.15, 0.2) is 6.23 Å². The van der Waals surface area contributed by atoms with Crippen LogP contribution in [0.1, 0.15) is 22.1 Å². The van der Waals surface area contributed by atoms with Gasteiger partial charge < -0.3 is 25.4 Å². The molecule has 2 heterocycles. The Hall–Kier alpha value is -2.59. The molecule has 1 aromatic heterocycles. The third-order valence-corrected chi connectivity index (χ3v) is 4.18. The lowest BCUT2D eigenvalue weighted by Gasteiger charge is -2.17. The molecule has 0 aliphatic carbocycles. The number of nitrogens with one attached hydrogen (secondary N) is 1. The highest BCUT2D eigenvalue weighted by atomic mass is 16.6. The molecule has 0 saturated carbocycles. The van der Waals surface area contributed by atoms with Gasteiger partial charge in [-0.25, -0.2) is 4.79 Å². The molecule has 0 unspecified atom stereocenters. The van der Waals surface area contributed by atoms with Crippen LogP contribution < -0.4 is 11.0 Å². The smallest absolute Gasteiger partial charge is 0.351 e. The molecule has 4 N–H and O–H groups in total. The number of benzene rings is 1. The standard InChI is InChI=1S/C17H19N3O6/c1-9-2-4-10(5-3-9)15(24)18-12-6-7-20(17(25)19-12)16-14(23)13(22)11(8-21)26-16/h2-7,11,13-14,16,21-23H,8H2,1H3,(H,18,19,24,25)/t11-,13-,14-,16-/m1/s1. The zero-order valence-corrected chi connectivity index (χ0v) is 13.9. The Bertz CT molecular complexity index is 850. The minimum Gasteiger partial charge on any atom is -0.394 e. The number of aliphatic hydroxyl groups is 3. The molecule has 1 amide bonds. The van der Waals surface area contributed by atoms with Crippen LogP contribution in [0.4, 0.5) is 5.82 Å². The topological polar surface area (TPSA) is 134 Å². The van der Waals surface area contributed by atoms with Crippen LogP contribution in [0.3, 0.4) is 0 Å². The normalized spacial score (nSPS) is 25.2. The Labute approximate surface area is 148 Å². The van der Waals surface area contributed by atoms with Gasteiger partial charge >= 0.3 is 5.69 Å². The number of rotatable bonds is 4. The maximum Gasteiger partial charge on any atom is 0.351 e. The number of anilines is 1. The number of carbonyl (C=O) groups is 1. The summed E-state index contributed by atoms with van der Waals surface area (Å²) in [6, 6.07) is 8.28. The fraction of sp³-hybridized carbons (Fsp3) is 0.353. The Morgan fingerprint density at radius 3 is 2.50 bits per heavy atom. The highest BCUT2D eigenvalue weighted by Crippen LogP contribution is 2.28. The molecule has 1 aliphatic heterocycles. The predicted octanol–water partition coefficient (Wildman–Crippen LogP) is -0.584. The minimum atomic E-state index is -1.39. The van der Waals surface area contributed by atoms with Gasteiger partial charge in [0.1, 0.15) is 24.1 Å². The van der Waals surface area contributed by atoms with E-state index in [2.05, 4.69) is 10.3 Å². The number of carbonyl (C=O) groups excluding carboxylic acids is 1. The van der Waals surface area contributed by atoms with E-state index in [9.17, 15) is 19.8 Å². The summed E-state index contributed by atoms with van der Waals surface area (Å²) in [5, 5.41) is 31.4. The molecule has 0 radical (unpaired) electrons. The second-order valence-corrected chi connectivity index (χ2v) is 6.05. The lowest BCUT2D eigenvalue weighted by atomic mass is 10.1. The van der Waals surface area contributed by atoms with Gasteiger partial charge in [0, 0.05) is 11.8 Å². The number of hydrogen-bond donors (Lipinski definition) is 4. The van der Waals surface area contributed by atoms with E-state index >= 15 is 0 Å². The number of hydrogen-bond acceptors (Lipinski definition) is 7. The molecule has 1 saturated heterocycles. The van der Waals surface area contributed by atoms with Crippen LogP contribution >= 0.6 is 0 Å². The van der Waals surface area contributed by atoms with Crippen LogP contribution in [0.2, 0.25) is 0 Å². The van der Waals surface area contributed by atoms with Crippen molar-refractivity contribution in [2.75, 3.05) is 11.9 Å². The van der Waals surface area contributed by atoms with Gasteiger partial charge in [-0.3, -0.25) is 9.36 Å². The largest absolute Gasteiger partial charge is 0.394 e. The molecule has 26 heavy (non-hydrogen) atoms. The zero-order valence-electron chi connectivity index (χ0n) is 13.9. The number of aliphatic hydroxyl groups excluding tert-OH is 3. The lowest BCUT2D eigenvalue weighted by Crippen LogP contribution is -2.36. The van der Waals surface area contributed by atoms with E-state index in [4.69, 9.17) is 9.84 Å². The van der Waals surface area contributed by atoms with E-state index in [1.807, 2.05) is 6.92 Å². The summed E-state index contributed by atoms with van der Waals surface area (Å²) < 4.78 is 6.28. The molecular weight excluding hydrogens is 342 g/mol. The van der Waals surface area contributed by atoms with E-state index in [-0.39, 0.29) is 5.82 Å². The van der Waals surface area contributed by atoms with Gasteiger partial charge in [0.25, 0.3) is 5.91 Å². The van der Waals surface area contributed by atoms with Crippen molar-refractivity contribution in [3.05, 3.63) is 58.1 Å². The summed E-state index contributed by atoms with van der Waals surface area (Å²) in [7, 11) is 0. The molecule has 1 aromatic carbocycles. The second-order valence-electron chi connectivity index (χ2n) is 6.05. The van der Waals surface area contributed by atoms with Crippen LogP contribution in [0.25, 0.3) is 0 Å². The SMILES string of the molecule is Cc1ccc(C(=O)Nc2ccn([C@@H]3O[C@H](CO)[C@@H](O)[C@H]3O)c(=O)n2)cc1. The van der Waals surface area contributed by atoms with Crippen LogP contribution in [0.15, 0.2) is 41.3 Å². The maximum absolute atomic E-state index is 12.2. The van der Waals surface area contributed by atoms with E-state index in [0.29, 0.717) is 5.56 Å². The highest BCUT2D eigenvalue weighted by molar-refractivity contribution is 6.03. The first-order valence-electron chi connectivity index (χ1n) is 8.00. The quantitative estimate of drug-likeness (QED) is 0.572. The molecule has 9 heteroatoms. The summed E-state index contributed by atoms with van der Waals surface area (Å²) >= 11 is 0. The van der Waals surface area contributed by atoms with Crippen molar-refractivity contribution in [3.63, 3.8) is 0 Å². The van der Waals surface area contributed by atoms with Crippen molar-refractivity contribution in [1.29, 1.82) is 0 Å². The first-order chi connectivity index (χ1) is 12.4. The molecule has 3 rings (SSSR count). The summed E-state index contributed by atoms with van der Waals surface area (Å²) in [6.07, 6.45) is -3.59. The van der Waals surface area contributed by atoms with Crippen molar-refractivity contribution in [3.8, 4) is 0 Å². The molecule has 0 bridgehead atoms. The average Bonchev–Trinajstić information content (AvgIpc) is 2.90. The molecule has 1 aliphatic rings. The lowest BCUT2D eigenvalue weighted by molar-refractivity contribution is -0.0549. The number of aryl methyl sites for hydroxylation is 1. The van der Waals surface area contributed by atoms with Gasteiger partial charge in [-0.05, 0) is 25.1 Å². The predicted molar refractivity (Wildman–Crippen MR) is 90.6 cm³/mol. The Morgan fingerprint density at radius 1 is 1.23 bits per heavy atom.